The van der Waals surface area contributed by atoms with Crippen LogP contribution in [0.25, 0.3) is 0 Å². The molecule has 0 aromatic rings. The van der Waals surface area contributed by atoms with Crippen molar-refractivity contribution in [3.63, 3.8) is 0 Å². The second-order valence-electron chi connectivity index (χ2n) is 3.85. The van der Waals surface area contributed by atoms with E-state index in [1.54, 1.807) is 7.11 Å². The van der Waals surface area contributed by atoms with Crippen molar-refractivity contribution in [3.05, 3.63) is 0 Å². The fourth-order valence-corrected chi connectivity index (χ4v) is 1.30. The summed E-state index contributed by atoms with van der Waals surface area (Å²) in [6, 6.07) is 0. The molecule has 0 aliphatic carbocycles. The fourth-order valence-electron chi connectivity index (χ4n) is 1.30. The molecule has 0 aliphatic heterocycles. The second kappa shape index (κ2) is 10.0. The second-order valence-corrected chi connectivity index (χ2v) is 3.85. The smallest absolute Gasteiger partial charge is 0.303 e. The predicted octanol–water partition coefficient (Wildman–Crippen LogP) is -0.160. The summed E-state index contributed by atoms with van der Waals surface area (Å²) in [6.07, 6.45) is 0.831. The first-order chi connectivity index (χ1) is 8.10. The number of methoxy groups -OCH3 is 1. The lowest BCUT2D eigenvalue weighted by molar-refractivity contribution is -0.138. The first-order valence-corrected chi connectivity index (χ1v) is 5.78. The molecule has 17 heavy (non-hydrogen) atoms. The molecule has 3 N–H and O–H groups in total. The van der Waals surface area contributed by atoms with Gasteiger partial charge >= 0.3 is 5.97 Å². The van der Waals surface area contributed by atoms with Crippen LogP contribution in [-0.4, -0.2) is 50.3 Å². The number of carboxylic acid groups (broad SMARTS) is 1. The molecule has 0 bridgehead atoms. The highest BCUT2D eigenvalue weighted by Gasteiger charge is 2.12. The van der Waals surface area contributed by atoms with E-state index >= 15 is 0 Å². The van der Waals surface area contributed by atoms with Crippen molar-refractivity contribution < 1.29 is 19.4 Å². The third-order valence-corrected chi connectivity index (χ3v) is 2.40. The van der Waals surface area contributed by atoms with Gasteiger partial charge in [-0.3, -0.25) is 9.59 Å². The van der Waals surface area contributed by atoms with Gasteiger partial charge in [-0.25, -0.2) is 0 Å². The van der Waals surface area contributed by atoms with E-state index < -0.39 is 5.97 Å². The molecule has 0 aromatic carbocycles. The Hall–Kier alpha value is -1.14. The number of carbonyl (C=O) groups is 2. The maximum Gasteiger partial charge on any atom is 0.303 e. The molecule has 0 rings (SSSR count). The van der Waals surface area contributed by atoms with E-state index in [-0.39, 0.29) is 24.8 Å². The Balaban J connectivity index is 3.62. The molecule has 0 saturated carbocycles. The van der Waals surface area contributed by atoms with Gasteiger partial charge in [0.25, 0.3) is 0 Å². The van der Waals surface area contributed by atoms with Gasteiger partial charge in [-0.1, -0.05) is 13.3 Å². The zero-order chi connectivity index (χ0) is 13.1. The number of hydrogen-bond acceptors (Lipinski definition) is 4. The standard InChI is InChI=1S/C11H22N2O4/c1-3-9(6-11(15)16)7-13-10(14)8-12-4-5-17-2/h9,12H,3-8H2,1-2H3,(H,13,14)(H,15,16). The number of amides is 1. The van der Waals surface area contributed by atoms with Crippen molar-refractivity contribution in [2.75, 3.05) is 33.4 Å². The number of rotatable bonds is 10. The van der Waals surface area contributed by atoms with Crippen molar-refractivity contribution in [3.8, 4) is 0 Å². The minimum atomic E-state index is -0.829. The van der Waals surface area contributed by atoms with Gasteiger partial charge in [-0.15, -0.1) is 0 Å². The number of nitrogens with one attached hydrogen (secondary N) is 2. The number of carbonyl (C=O) groups excluding carboxylic acids is 1. The zero-order valence-electron chi connectivity index (χ0n) is 10.5. The van der Waals surface area contributed by atoms with Gasteiger partial charge < -0.3 is 20.5 Å². The Morgan fingerprint density at radius 1 is 1.41 bits per heavy atom. The first-order valence-electron chi connectivity index (χ1n) is 5.78. The van der Waals surface area contributed by atoms with Gasteiger partial charge in [0.15, 0.2) is 0 Å². The van der Waals surface area contributed by atoms with Crippen LogP contribution in [0.2, 0.25) is 0 Å². The van der Waals surface area contributed by atoms with Crippen LogP contribution in [0.3, 0.4) is 0 Å². The Morgan fingerprint density at radius 2 is 2.12 bits per heavy atom. The van der Waals surface area contributed by atoms with Crippen molar-refractivity contribution in [2.24, 2.45) is 5.92 Å². The number of aliphatic carboxylic acids is 1. The van der Waals surface area contributed by atoms with Crippen LogP contribution < -0.4 is 10.6 Å². The highest BCUT2D eigenvalue weighted by Crippen LogP contribution is 2.06. The highest BCUT2D eigenvalue weighted by molar-refractivity contribution is 5.78. The molecule has 1 unspecified atom stereocenters. The molecule has 1 amide bonds. The Kier molecular flexibility index (Phi) is 9.37. The lowest BCUT2D eigenvalue weighted by Crippen LogP contribution is -2.37. The van der Waals surface area contributed by atoms with Gasteiger partial charge in [0.05, 0.1) is 13.2 Å². The molecule has 1 atom stereocenters. The first kappa shape index (κ1) is 15.9. The van der Waals surface area contributed by atoms with Crippen LogP contribution in [0, 0.1) is 5.92 Å². The van der Waals surface area contributed by atoms with Crippen LogP contribution in [0.5, 0.6) is 0 Å². The van der Waals surface area contributed by atoms with Gasteiger partial charge in [-0.2, -0.15) is 0 Å². The van der Waals surface area contributed by atoms with Crippen LogP contribution in [0.4, 0.5) is 0 Å². The summed E-state index contributed by atoms with van der Waals surface area (Å²) >= 11 is 0. The van der Waals surface area contributed by atoms with E-state index in [9.17, 15) is 9.59 Å². The minimum Gasteiger partial charge on any atom is -0.481 e. The lowest BCUT2D eigenvalue weighted by atomic mass is 10.0. The summed E-state index contributed by atoms with van der Waals surface area (Å²) < 4.78 is 4.82. The molecule has 0 fully saturated rings. The largest absolute Gasteiger partial charge is 0.481 e. The predicted molar refractivity (Wildman–Crippen MR) is 63.8 cm³/mol. The minimum absolute atomic E-state index is 0.00424. The lowest BCUT2D eigenvalue weighted by Gasteiger charge is -2.13. The molecule has 6 heteroatoms. The molecule has 0 aliphatic rings. The van der Waals surface area contributed by atoms with Crippen LogP contribution in [0.15, 0.2) is 0 Å². The number of carboxylic acids is 1. The summed E-state index contributed by atoms with van der Waals surface area (Å²) in [6.45, 7) is 3.73. The molecule has 100 valence electrons. The third-order valence-electron chi connectivity index (χ3n) is 2.40. The van der Waals surface area contributed by atoms with Crippen molar-refractivity contribution >= 4 is 11.9 Å². The topological polar surface area (TPSA) is 87.7 Å². The number of hydrogen-bond donors (Lipinski definition) is 3. The van der Waals surface area contributed by atoms with E-state index in [0.717, 1.165) is 6.42 Å². The van der Waals surface area contributed by atoms with E-state index in [1.807, 2.05) is 6.92 Å². The Morgan fingerprint density at radius 3 is 2.65 bits per heavy atom. The van der Waals surface area contributed by atoms with Gasteiger partial charge in [0, 0.05) is 26.6 Å². The summed E-state index contributed by atoms with van der Waals surface area (Å²) in [5, 5.41) is 14.3. The molecule has 0 radical (unpaired) electrons. The molecular weight excluding hydrogens is 224 g/mol. The monoisotopic (exact) mass is 246 g/mol. The van der Waals surface area contributed by atoms with Crippen LogP contribution in [-0.2, 0) is 14.3 Å². The van der Waals surface area contributed by atoms with Crippen LogP contribution >= 0.6 is 0 Å². The SMILES string of the molecule is CCC(CNC(=O)CNCCOC)CC(=O)O. The van der Waals surface area contributed by atoms with Gasteiger partial charge in [0.2, 0.25) is 5.91 Å². The maximum absolute atomic E-state index is 11.4. The highest BCUT2D eigenvalue weighted by atomic mass is 16.5. The molecule has 0 saturated heterocycles. The average Bonchev–Trinajstić information content (AvgIpc) is 2.29. The molecular formula is C11H22N2O4. The summed E-state index contributed by atoms with van der Waals surface area (Å²) in [5.41, 5.74) is 0. The maximum atomic E-state index is 11.4. The molecule has 6 nitrogen and oxygen atoms in total. The Bertz CT molecular complexity index is 234. The third kappa shape index (κ3) is 9.77. The molecule has 0 spiro atoms. The quantitative estimate of drug-likeness (QED) is 0.466. The van der Waals surface area contributed by atoms with E-state index in [1.165, 1.54) is 0 Å². The van der Waals surface area contributed by atoms with Crippen LogP contribution in [0.1, 0.15) is 19.8 Å². The average molecular weight is 246 g/mol. The zero-order valence-corrected chi connectivity index (χ0v) is 10.5. The van der Waals surface area contributed by atoms with E-state index in [0.29, 0.717) is 19.7 Å². The van der Waals surface area contributed by atoms with Crippen molar-refractivity contribution in [2.45, 2.75) is 19.8 Å². The summed E-state index contributed by atoms with van der Waals surface area (Å²) in [4.78, 5) is 21.9. The fraction of sp³-hybridized carbons (Fsp3) is 0.818. The summed E-state index contributed by atoms with van der Waals surface area (Å²) in [5.74, 6) is -0.954. The Labute approximate surface area is 102 Å². The normalized spacial score (nSPS) is 12.1. The van der Waals surface area contributed by atoms with Crippen molar-refractivity contribution in [1.29, 1.82) is 0 Å². The van der Waals surface area contributed by atoms with Gasteiger partial charge in [-0.05, 0) is 5.92 Å². The van der Waals surface area contributed by atoms with E-state index in [4.69, 9.17) is 9.84 Å². The van der Waals surface area contributed by atoms with Gasteiger partial charge in [0.1, 0.15) is 0 Å². The molecule has 0 heterocycles. The number of ether oxygens (including phenoxy) is 1. The summed E-state index contributed by atoms with van der Waals surface area (Å²) in [7, 11) is 1.60. The van der Waals surface area contributed by atoms with E-state index in [2.05, 4.69) is 10.6 Å². The van der Waals surface area contributed by atoms with Crippen molar-refractivity contribution in [1.82, 2.24) is 10.6 Å². The molecule has 0 aromatic heterocycles.